The third-order valence-electron chi connectivity index (χ3n) is 6.83. The van der Waals surface area contributed by atoms with Crippen LogP contribution in [0.2, 0.25) is 0 Å². The second-order valence-corrected chi connectivity index (χ2v) is 11.3. The molecule has 0 bridgehead atoms. The monoisotopic (exact) mass is 557 g/mol. The number of hydrogen-bond donors (Lipinski definition) is 2. The molecule has 1 saturated carbocycles. The van der Waals surface area contributed by atoms with E-state index in [9.17, 15) is 14.4 Å². The Hall–Kier alpha value is -4.33. The fraction of sp³-hybridized carbons (Fsp3) is 0.364. The fourth-order valence-electron chi connectivity index (χ4n) is 4.75. The van der Waals surface area contributed by atoms with Crippen molar-refractivity contribution in [2.24, 2.45) is 0 Å². The molecule has 2 unspecified atom stereocenters. The molecule has 0 aliphatic heterocycles. The largest absolute Gasteiger partial charge is 0.497 e. The zero-order chi connectivity index (χ0) is 29.6. The van der Waals surface area contributed by atoms with Crippen molar-refractivity contribution in [3.05, 3.63) is 95.6 Å². The maximum Gasteiger partial charge on any atom is 0.408 e. The molecule has 0 saturated heterocycles. The van der Waals surface area contributed by atoms with Gasteiger partial charge in [-0.15, -0.1) is 0 Å². The molecule has 0 aromatic heterocycles. The second kappa shape index (κ2) is 12.9. The average molecular weight is 558 g/mol. The van der Waals surface area contributed by atoms with Gasteiger partial charge in [-0.3, -0.25) is 9.59 Å². The van der Waals surface area contributed by atoms with Crippen LogP contribution in [0.15, 0.2) is 78.9 Å². The van der Waals surface area contributed by atoms with Crippen molar-refractivity contribution >= 4 is 23.6 Å². The van der Waals surface area contributed by atoms with Gasteiger partial charge in [0.15, 0.2) is 0 Å². The van der Waals surface area contributed by atoms with E-state index in [4.69, 9.17) is 9.47 Å². The van der Waals surface area contributed by atoms with Crippen LogP contribution in [0.1, 0.15) is 56.3 Å². The van der Waals surface area contributed by atoms with E-state index >= 15 is 0 Å². The topological polar surface area (TPSA) is 97.0 Å². The van der Waals surface area contributed by atoms with E-state index < -0.39 is 23.8 Å². The maximum atomic E-state index is 14.5. The van der Waals surface area contributed by atoms with Gasteiger partial charge in [0, 0.05) is 18.2 Å². The number of ether oxygens (including phenoxy) is 2. The van der Waals surface area contributed by atoms with Crippen molar-refractivity contribution in [3.63, 3.8) is 0 Å². The minimum Gasteiger partial charge on any atom is -0.497 e. The Balaban J connectivity index is 1.71. The molecule has 1 aliphatic rings. The van der Waals surface area contributed by atoms with Gasteiger partial charge < -0.3 is 25.0 Å². The van der Waals surface area contributed by atoms with Crippen LogP contribution >= 0.6 is 0 Å². The first-order valence-corrected chi connectivity index (χ1v) is 13.9. The molecule has 8 heteroatoms. The van der Waals surface area contributed by atoms with E-state index in [0.29, 0.717) is 11.4 Å². The first kappa shape index (κ1) is 29.6. The van der Waals surface area contributed by atoms with E-state index in [1.54, 1.807) is 57.0 Å². The lowest BCUT2D eigenvalue weighted by atomic mass is 9.96. The Morgan fingerprint density at radius 3 is 2.15 bits per heavy atom. The summed E-state index contributed by atoms with van der Waals surface area (Å²) in [5.41, 5.74) is 2.36. The summed E-state index contributed by atoms with van der Waals surface area (Å²) < 4.78 is 10.8. The van der Waals surface area contributed by atoms with Gasteiger partial charge >= 0.3 is 6.09 Å². The van der Waals surface area contributed by atoms with Gasteiger partial charge in [0.2, 0.25) is 5.91 Å². The zero-order valence-electron chi connectivity index (χ0n) is 24.3. The summed E-state index contributed by atoms with van der Waals surface area (Å²) in [5.74, 6) is 0.00556. The lowest BCUT2D eigenvalue weighted by Gasteiger charge is -2.35. The molecule has 3 aromatic carbocycles. The Labute approximate surface area is 242 Å². The summed E-state index contributed by atoms with van der Waals surface area (Å²) in [6, 6.07) is 22.2. The molecule has 0 radical (unpaired) electrons. The number of nitrogens with one attached hydrogen (secondary N) is 2. The number of amides is 3. The van der Waals surface area contributed by atoms with Crippen molar-refractivity contribution < 1.29 is 23.9 Å². The van der Waals surface area contributed by atoms with Gasteiger partial charge in [-0.2, -0.15) is 0 Å². The van der Waals surface area contributed by atoms with E-state index in [2.05, 4.69) is 10.6 Å². The first-order valence-electron chi connectivity index (χ1n) is 13.9. The average Bonchev–Trinajstić information content (AvgIpc) is 3.77. The van der Waals surface area contributed by atoms with Gasteiger partial charge in [-0.1, -0.05) is 54.6 Å². The Morgan fingerprint density at radius 1 is 0.927 bits per heavy atom. The number of alkyl carbamates (subject to hydrolysis) is 1. The zero-order valence-corrected chi connectivity index (χ0v) is 24.3. The van der Waals surface area contributed by atoms with Crippen molar-refractivity contribution in [1.29, 1.82) is 0 Å². The molecule has 1 aliphatic carbocycles. The molecule has 4 rings (SSSR count). The first-order chi connectivity index (χ1) is 19.6. The molecule has 0 spiro atoms. The molecular formula is C33H39N3O5. The van der Waals surface area contributed by atoms with Gasteiger partial charge in [0.1, 0.15) is 23.4 Å². The van der Waals surface area contributed by atoms with Crippen LogP contribution in [-0.4, -0.2) is 47.6 Å². The van der Waals surface area contributed by atoms with Crippen LogP contribution in [-0.2, 0) is 20.7 Å². The van der Waals surface area contributed by atoms with Gasteiger partial charge in [-0.25, -0.2) is 4.79 Å². The van der Waals surface area contributed by atoms with Gasteiger partial charge in [0.25, 0.3) is 5.91 Å². The smallest absolute Gasteiger partial charge is 0.408 e. The Kier molecular flexibility index (Phi) is 9.32. The number of aryl methyl sites for hydroxylation is 1. The standard InChI is InChI=1S/C33H39N3O5/c1-22-11-9-10-14-27(22)29(30(37)34-24-15-19-26(40-5)20-16-24)36(25-17-18-25)31(38)28(21-23-12-7-6-8-13-23)35-32(39)41-33(2,3)4/h6-16,19-20,25,28-29H,17-18,21H2,1-5H3,(H,34,37)(H,35,39). The van der Waals surface area contributed by atoms with E-state index in [-0.39, 0.29) is 24.3 Å². The fourth-order valence-corrected chi connectivity index (χ4v) is 4.75. The summed E-state index contributed by atoms with van der Waals surface area (Å²) in [5, 5.41) is 5.81. The van der Waals surface area contributed by atoms with Gasteiger partial charge in [0.05, 0.1) is 7.11 Å². The normalized spacial score (nSPS) is 14.4. The summed E-state index contributed by atoms with van der Waals surface area (Å²) in [7, 11) is 1.58. The highest BCUT2D eigenvalue weighted by Crippen LogP contribution is 2.37. The van der Waals surface area contributed by atoms with Crippen LogP contribution in [0, 0.1) is 6.92 Å². The van der Waals surface area contributed by atoms with Crippen LogP contribution in [0.3, 0.4) is 0 Å². The van der Waals surface area contributed by atoms with E-state index in [1.165, 1.54) is 0 Å². The number of carbonyl (C=O) groups excluding carboxylic acids is 3. The third kappa shape index (κ3) is 8.10. The van der Waals surface area contributed by atoms with E-state index in [0.717, 1.165) is 29.5 Å². The number of carbonyl (C=O) groups is 3. The highest BCUT2D eigenvalue weighted by atomic mass is 16.6. The minimum atomic E-state index is -0.937. The number of methoxy groups -OCH3 is 1. The molecule has 2 N–H and O–H groups in total. The molecule has 0 heterocycles. The summed E-state index contributed by atoms with van der Waals surface area (Å²) in [6.07, 6.45) is 1.11. The lowest BCUT2D eigenvalue weighted by molar-refractivity contribution is -0.141. The molecule has 41 heavy (non-hydrogen) atoms. The maximum absolute atomic E-state index is 14.5. The number of benzene rings is 3. The lowest BCUT2D eigenvalue weighted by Crippen LogP contribution is -2.54. The Bertz CT molecular complexity index is 1350. The van der Waals surface area contributed by atoms with Crippen LogP contribution in [0.25, 0.3) is 0 Å². The van der Waals surface area contributed by atoms with Crippen molar-refractivity contribution in [2.75, 3.05) is 12.4 Å². The summed E-state index contributed by atoms with van der Waals surface area (Å²) in [6.45, 7) is 7.25. The van der Waals surface area contributed by atoms with Crippen molar-refractivity contribution in [1.82, 2.24) is 10.2 Å². The number of hydrogen-bond acceptors (Lipinski definition) is 5. The van der Waals surface area contributed by atoms with Crippen LogP contribution in [0.4, 0.5) is 10.5 Å². The molecular weight excluding hydrogens is 518 g/mol. The van der Waals surface area contributed by atoms with Crippen LogP contribution in [0.5, 0.6) is 5.75 Å². The number of rotatable bonds is 10. The van der Waals surface area contributed by atoms with E-state index in [1.807, 2.05) is 61.5 Å². The predicted molar refractivity (Wildman–Crippen MR) is 159 cm³/mol. The Morgan fingerprint density at radius 2 is 1.56 bits per heavy atom. The third-order valence-corrected chi connectivity index (χ3v) is 6.83. The summed E-state index contributed by atoms with van der Waals surface area (Å²) in [4.78, 5) is 43.1. The van der Waals surface area contributed by atoms with Crippen LogP contribution < -0.4 is 15.4 Å². The molecule has 3 amide bonds. The second-order valence-electron chi connectivity index (χ2n) is 11.3. The molecule has 216 valence electrons. The quantitative estimate of drug-likeness (QED) is 0.328. The molecule has 2 atom stereocenters. The van der Waals surface area contributed by atoms with Crippen molar-refractivity contribution in [2.45, 2.75) is 70.7 Å². The molecule has 3 aromatic rings. The minimum absolute atomic E-state index is 0.132. The highest BCUT2D eigenvalue weighted by Gasteiger charge is 2.44. The number of nitrogens with zero attached hydrogens (tertiary/aromatic N) is 1. The van der Waals surface area contributed by atoms with Crippen molar-refractivity contribution in [3.8, 4) is 5.75 Å². The SMILES string of the molecule is COc1ccc(NC(=O)C(c2ccccc2C)N(C(=O)C(Cc2ccccc2)NC(=O)OC(C)(C)C)C2CC2)cc1. The number of anilines is 1. The summed E-state index contributed by atoms with van der Waals surface area (Å²) >= 11 is 0. The highest BCUT2D eigenvalue weighted by molar-refractivity contribution is 5.99. The molecule has 1 fully saturated rings. The predicted octanol–water partition coefficient (Wildman–Crippen LogP) is 5.81. The molecule has 8 nitrogen and oxygen atoms in total. The van der Waals surface area contributed by atoms with Gasteiger partial charge in [-0.05, 0) is 81.5 Å².